The van der Waals surface area contributed by atoms with Crippen molar-refractivity contribution in [2.45, 2.75) is 33.2 Å². The van der Waals surface area contributed by atoms with Crippen molar-refractivity contribution in [3.8, 4) is 0 Å². The number of hydrogen-bond acceptors (Lipinski definition) is 3. The van der Waals surface area contributed by atoms with Gasteiger partial charge in [-0.3, -0.25) is 14.0 Å². The molecule has 2 aromatic heterocycles. The van der Waals surface area contributed by atoms with Gasteiger partial charge in [-0.05, 0) is 50.1 Å². The lowest BCUT2D eigenvalue weighted by Gasteiger charge is -2.09. The second kappa shape index (κ2) is 7.80. The van der Waals surface area contributed by atoms with Gasteiger partial charge >= 0.3 is 0 Å². The van der Waals surface area contributed by atoms with E-state index in [4.69, 9.17) is 11.6 Å². The van der Waals surface area contributed by atoms with E-state index in [0.717, 1.165) is 12.0 Å². The Labute approximate surface area is 162 Å². The molecule has 2 amide bonds. The van der Waals surface area contributed by atoms with Crippen molar-refractivity contribution in [3.63, 3.8) is 0 Å². The van der Waals surface area contributed by atoms with Crippen LogP contribution < -0.4 is 10.6 Å². The number of nitrogens with one attached hydrogen (secondary N) is 2. The maximum atomic E-state index is 12.8. The Morgan fingerprint density at radius 3 is 2.70 bits per heavy atom. The summed E-state index contributed by atoms with van der Waals surface area (Å²) in [6.45, 7) is 5.74. The third-order valence-electron chi connectivity index (χ3n) is 4.47. The molecular weight excluding hydrogens is 364 g/mol. The highest BCUT2D eigenvalue weighted by Crippen LogP contribution is 2.24. The number of carbonyl (C=O) groups is 2. The molecule has 0 fully saturated rings. The Morgan fingerprint density at radius 1 is 1.19 bits per heavy atom. The van der Waals surface area contributed by atoms with Gasteiger partial charge in [0.2, 0.25) is 5.82 Å². The third kappa shape index (κ3) is 3.80. The fourth-order valence-electron chi connectivity index (χ4n) is 2.68. The first kappa shape index (κ1) is 18.9. The summed E-state index contributed by atoms with van der Waals surface area (Å²) in [4.78, 5) is 29.8. The number of rotatable bonds is 5. The number of carbonyl (C=O) groups excluding carboxylic acids is 2. The minimum absolute atomic E-state index is 0.0179. The number of fused-ring (bicyclic) bond motifs is 1. The van der Waals surface area contributed by atoms with Crippen LogP contribution in [0.5, 0.6) is 0 Å². The van der Waals surface area contributed by atoms with Crippen LogP contribution in [0.1, 0.15) is 46.9 Å². The molecule has 0 spiro atoms. The van der Waals surface area contributed by atoms with E-state index in [0.29, 0.717) is 16.2 Å². The van der Waals surface area contributed by atoms with Gasteiger partial charge in [-0.1, -0.05) is 30.7 Å². The summed E-state index contributed by atoms with van der Waals surface area (Å²) < 4.78 is 1.61. The van der Waals surface area contributed by atoms with E-state index in [1.54, 1.807) is 47.0 Å². The Morgan fingerprint density at radius 2 is 1.96 bits per heavy atom. The number of benzene rings is 1. The second-order valence-electron chi connectivity index (χ2n) is 6.39. The number of amides is 2. The van der Waals surface area contributed by atoms with Crippen molar-refractivity contribution < 1.29 is 9.59 Å². The van der Waals surface area contributed by atoms with Crippen molar-refractivity contribution in [1.29, 1.82) is 0 Å². The van der Waals surface area contributed by atoms with Crippen molar-refractivity contribution in [3.05, 3.63) is 64.7 Å². The zero-order valence-electron chi connectivity index (χ0n) is 15.4. The van der Waals surface area contributed by atoms with Crippen molar-refractivity contribution in [2.24, 2.45) is 0 Å². The SMILES string of the molecule is CCC(C)NC(=O)c1nc(C(=O)Nc2cccc(Cl)c2C)n2ccccc12. The normalized spacial score (nSPS) is 12.0. The van der Waals surface area contributed by atoms with Crippen LogP contribution in [0.4, 0.5) is 5.69 Å². The van der Waals surface area contributed by atoms with E-state index in [1.807, 2.05) is 20.8 Å². The highest BCUT2D eigenvalue weighted by molar-refractivity contribution is 6.31. The van der Waals surface area contributed by atoms with Gasteiger partial charge < -0.3 is 10.6 Å². The monoisotopic (exact) mass is 384 g/mol. The molecule has 2 N–H and O–H groups in total. The molecule has 140 valence electrons. The summed E-state index contributed by atoms with van der Waals surface area (Å²) in [5.41, 5.74) is 2.17. The summed E-state index contributed by atoms with van der Waals surface area (Å²) in [6, 6.07) is 10.7. The van der Waals surface area contributed by atoms with Crippen LogP contribution in [0, 0.1) is 6.92 Å². The van der Waals surface area contributed by atoms with E-state index >= 15 is 0 Å². The first-order valence-electron chi connectivity index (χ1n) is 8.76. The molecule has 6 nitrogen and oxygen atoms in total. The number of halogens is 1. The number of pyridine rings is 1. The first-order chi connectivity index (χ1) is 12.9. The molecule has 3 aromatic rings. The van der Waals surface area contributed by atoms with E-state index in [2.05, 4.69) is 15.6 Å². The summed E-state index contributed by atoms with van der Waals surface area (Å²) in [5.74, 6) is -0.575. The fourth-order valence-corrected chi connectivity index (χ4v) is 2.85. The smallest absolute Gasteiger partial charge is 0.292 e. The maximum absolute atomic E-state index is 12.8. The minimum Gasteiger partial charge on any atom is -0.348 e. The average Bonchev–Trinajstić information content (AvgIpc) is 3.05. The lowest BCUT2D eigenvalue weighted by atomic mass is 10.2. The quantitative estimate of drug-likeness (QED) is 0.696. The minimum atomic E-state index is -0.413. The van der Waals surface area contributed by atoms with Gasteiger partial charge in [-0.25, -0.2) is 4.98 Å². The van der Waals surface area contributed by atoms with Crippen LogP contribution in [0.3, 0.4) is 0 Å². The summed E-state index contributed by atoms with van der Waals surface area (Å²) in [5, 5.41) is 6.28. The van der Waals surface area contributed by atoms with Crippen LogP contribution >= 0.6 is 11.6 Å². The molecule has 27 heavy (non-hydrogen) atoms. The topological polar surface area (TPSA) is 75.5 Å². The van der Waals surface area contributed by atoms with Gasteiger partial charge in [0, 0.05) is 22.9 Å². The molecule has 2 heterocycles. The number of anilines is 1. The van der Waals surface area contributed by atoms with Crippen molar-refractivity contribution >= 4 is 34.6 Å². The summed E-state index contributed by atoms with van der Waals surface area (Å²) in [6.07, 6.45) is 2.51. The van der Waals surface area contributed by atoms with Crippen LogP contribution in [-0.4, -0.2) is 27.2 Å². The predicted octanol–water partition coefficient (Wildman–Crippen LogP) is 4.08. The lowest BCUT2D eigenvalue weighted by Crippen LogP contribution is -2.32. The molecule has 7 heteroatoms. The van der Waals surface area contributed by atoms with E-state index in [9.17, 15) is 9.59 Å². The highest BCUT2D eigenvalue weighted by atomic mass is 35.5. The molecule has 0 radical (unpaired) electrons. The Balaban J connectivity index is 1.98. The highest BCUT2D eigenvalue weighted by Gasteiger charge is 2.22. The molecule has 0 saturated carbocycles. The number of imidazole rings is 1. The first-order valence-corrected chi connectivity index (χ1v) is 9.14. The average molecular weight is 385 g/mol. The van der Waals surface area contributed by atoms with Gasteiger partial charge in [0.05, 0.1) is 5.52 Å². The Kier molecular flexibility index (Phi) is 5.46. The van der Waals surface area contributed by atoms with Gasteiger partial charge in [-0.15, -0.1) is 0 Å². The van der Waals surface area contributed by atoms with Gasteiger partial charge in [-0.2, -0.15) is 0 Å². The largest absolute Gasteiger partial charge is 0.348 e. The fraction of sp³-hybridized carbons (Fsp3) is 0.250. The standard InChI is InChI=1S/C20H21ClN4O2/c1-4-12(2)22-19(26)17-16-10-5-6-11-25(16)18(24-17)20(27)23-15-9-7-8-14(21)13(15)3/h5-12H,4H2,1-3H3,(H,22,26)(H,23,27). The molecule has 1 aromatic carbocycles. The molecule has 0 saturated heterocycles. The zero-order valence-corrected chi connectivity index (χ0v) is 16.2. The predicted molar refractivity (Wildman–Crippen MR) is 107 cm³/mol. The third-order valence-corrected chi connectivity index (χ3v) is 4.88. The molecule has 0 bridgehead atoms. The van der Waals surface area contributed by atoms with Gasteiger partial charge in [0.15, 0.2) is 5.69 Å². The number of nitrogens with zero attached hydrogens (tertiary/aromatic N) is 2. The number of aromatic nitrogens is 2. The molecule has 0 aliphatic carbocycles. The van der Waals surface area contributed by atoms with E-state index in [1.165, 1.54) is 0 Å². The van der Waals surface area contributed by atoms with E-state index in [-0.39, 0.29) is 23.5 Å². The molecule has 3 rings (SSSR count). The molecule has 0 aliphatic heterocycles. The van der Waals surface area contributed by atoms with Crippen molar-refractivity contribution in [1.82, 2.24) is 14.7 Å². The maximum Gasteiger partial charge on any atom is 0.292 e. The Hall–Kier alpha value is -2.86. The molecular formula is C20H21ClN4O2. The van der Waals surface area contributed by atoms with Crippen LogP contribution in [0.2, 0.25) is 5.02 Å². The van der Waals surface area contributed by atoms with Gasteiger partial charge in [0.25, 0.3) is 11.8 Å². The second-order valence-corrected chi connectivity index (χ2v) is 6.80. The zero-order chi connectivity index (χ0) is 19.6. The molecule has 1 unspecified atom stereocenters. The lowest BCUT2D eigenvalue weighted by molar-refractivity contribution is 0.0936. The van der Waals surface area contributed by atoms with Gasteiger partial charge in [0.1, 0.15) is 0 Å². The Bertz CT molecular complexity index is 1010. The van der Waals surface area contributed by atoms with E-state index < -0.39 is 5.91 Å². The summed E-state index contributed by atoms with van der Waals surface area (Å²) >= 11 is 6.12. The molecule has 1 atom stereocenters. The number of hydrogen-bond donors (Lipinski definition) is 2. The van der Waals surface area contributed by atoms with Crippen LogP contribution in [-0.2, 0) is 0 Å². The van der Waals surface area contributed by atoms with Crippen LogP contribution in [0.15, 0.2) is 42.6 Å². The van der Waals surface area contributed by atoms with Crippen molar-refractivity contribution in [2.75, 3.05) is 5.32 Å². The molecule has 0 aliphatic rings. The summed E-state index contributed by atoms with van der Waals surface area (Å²) in [7, 11) is 0. The van der Waals surface area contributed by atoms with Crippen LogP contribution in [0.25, 0.3) is 5.52 Å².